The van der Waals surface area contributed by atoms with Gasteiger partial charge in [-0.25, -0.2) is 0 Å². The number of rotatable bonds is 11. The maximum absolute atomic E-state index is 11.8. The Kier molecular flexibility index (Phi) is 10.8. The van der Waals surface area contributed by atoms with Crippen LogP contribution in [-0.2, 0) is 9.53 Å². The number of fused-ring (bicyclic) bond motifs is 1. The number of hydrogen-bond donors (Lipinski definition) is 2. The SMILES string of the molecule is CC#CCC(C)[C@H](O)/C=C/[C@@H]1[C@H]2C/C(=C/CCCC(=O)OCCN(C)C)C[C@H]2C[C@H]1O. The molecular formula is C26H41NO4. The highest BCUT2D eigenvalue weighted by Gasteiger charge is 2.44. The van der Waals surface area contributed by atoms with Gasteiger partial charge < -0.3 is 19.8 Å². The average molecular weight is 432 g/mol. The van der Waals surface area contributed by atoms with Gasteiger partial charge in [-0.05, 0) is 70.9 Å². The summed E-state index contributed by atoms with van der Waals surface area (Å²) < 4.78 is 5.23. The first-order chi connectivity index (χ1) is 14.8. The lowest BCUT2D eigenvalue weighted by atomic mass is 9.89. The van der Waals surface area contributed by atoms with Crippen molar-refractivity contribution < 1.29 is 19.7 Å². The van der Waals surface area contributed by atoms with E-state index in [9.17, 15) is 15.0 Å². The summed E-state index contributed by atoms with van der Waals surface area (Å²) in [6.45, 7) is 5.02. The zero-order valence-corrected chi connectivity index (χ0v) is 19.7. The van der Waals surface area contributed by atoms with E-state index in [-0.39, 0.29) is 23.9 Å². The van der Waals surface area contributed by atoms with E-state index in [2.05, 4.69) is 17.9 Å². The van der Waals surface area contributed by atoms with E-state index in [1.54, 1.807) is 0 Å². The summed E-state index contributed by atoms with van der Waals surface area (Å²) in [4.78, 5) is 13.8. The maximum Gasteiger partial charge on any atom is 0.305 e. The highest BCUT2D eigenvalue weighted by molar-refractivity contribution is 5.69. The smallest absolute Gasteiger partial charge is 0.305 e. The number of carbonyl (C=O) groups excluding carboxylic acids is 1. The zero-order chi connectivity index (χ0) is 22.8. The van der Waals surface area contributed by atoms with Crippen molar-refractivity contribution in [1.82, 2.24) is 4.90 Å². The highest BCUT2D eigenvalue weighted by Crippen LogP contribution is 2.50. The Balaban J connectivity index is 1.77. The summed E-state index contributed by atoms with van der Waals surface area (Å²) in [6.07, 6.45) is 11.1. The van der Waals surface area contributed by atoms with Crippen molar-refractivity contribution in [2.45, 2.75) is 71.0 Å². The van der Waals surface area contributed by atoms with Gasteiger partial charge in [0.05, 0.1) is 12.2 Å². The highest BCUT2D eigenvalue weighted by atomic mass is 16.5. The molecule has 31 heavy (non-hydrogen) atoms. The van der Waals surface area contributed by atoms with Crippen molar-refractivity contribution in [3.63, 3.8) is 0 Å². The fourth-order valence-corrected chi connectivity index (χ4v) is 4.72. The van der Waals surface area contributed by atoms with Gasteiger partial charge in [0.2, 0.25) is 0 Å². The van der Waals surface area contributed by atoms with E-state index < -0.39 is 6.10 Å². The fourth-order valence-electron chi connectivity index (χ4n) is 4.72. The second kappa shape index (κ2) is 13.1. The number of aliphatic hydroxyl groups is 2. The summed E-state index contributed by atoms with van der Waals surface area (Å²) in [5, 5.41) is 20.9. The third-order valence-corrected chi connectivity index (χ3v) is 6.64. The average Bonchev–Trinajstić information content (AvgIpc) is 3.23. The summed E-state index contributed by atoms with van der Waals surface area (Å²) in [5.74, 6) is 6.95. The normalized spacial score (nSPS) is 28.5. The van der Waals surface area contributed by atoms with Crippen molar-refractivity contribution in [3.05, 3.63) is 23.8 Å². The van der Waals surface area contributed by atoms with Crippen LogP contribution in [0.3, 0.4) is 0 Å². The van der Waals surface area contributed by atoms with Crippen LogP contribution in [0.25, 0.3) is 0 Å². The van der Waals surface area contributed by atoms with Crippen molar-refractivity contribution in [2.75, 3.05) is 27.2 Å². The largest absolute Gasteiger partial charge is 0.464 e. The number of ether oxygens (including phenoxy) is 1. The quantitative estimate of drug-likeness (QED) is 0.227. The summed E-state index contributed by atoms with van der Waals surface area (Å²) in [6, 6.07) is 0. The van der Waals surface area contributed by atoms with Crippen molar-refractivity contribution >= 4 is 5.97 Å². The summed E-state index contributed by atoms with van der Waals surface area (Å²) in [5.41, 5.74) is 1.45. The van der Waals surface area contributed by atoms with Crippen LogP contribution in [0.15, 0.2) is 23.8 Å². The van der Waals surface area contributed by atoms with E-state index in [1.807, 2.05) is 45.0 Å². The molecule has 2 aliphatic carbocycles. The first-order valence-electron chi connectivity index (χ1n) is 11.7. The van der Waals surface area contributed by atoms with Crippen LogP contribution < -0.4 is 0 Å². The molecule has 5 heteroatoms. The maximum atomic E-state index is 11.8. The van der Waals surface area contributed by atoms with Gasteiger partial charge in [-0.1, -0.05) is 30.7 Å². The molecule has 1 unspecified atom stereocenters. The second-order valence-electron chi connectivity index (χ2n) is 9.47. The Bertz CT molecular complexity index is 687. The predicted octanol–water partition coefficient (Wildman–Crippen LogP) is 3.56. The third kappa shape index (κ3) is 8.44. The van der Waals surface area contributed by atoms with Crippen molar-refractivity contribution in [3.8, 4) is 11.8 Å². The topological polar surface area (TPSA) is 70.0 Å². The molecule has 0 aliphatic heterocycles. The summed E-state index contributed by atoms with van der Waals surface area (Å²) in [7, 11) is 3.92. The molecule has 0 bridgehead atoms. The molecule has 5 nitrogen and oxygen atoms in total. The molecule has 6 atom stereocenters. The number of allylic oxidation sites excluding steroid dienone is 2. The van der Waals surface area contributed by atoms with Crippen LogP contribution in [-0.4, -0.2) is 60.5 Å². The molecule has 2 rings (SSSR count). The van der Waals surface area contributed by atoms with Crippen molar-refractivity contribution in [1.29, 1.82) is 0 Å². The van der Waals surface area contributed by atoms with Gasteiger partial charge >= 0.3 is 5.97 Å². The number of likely N-dealkylation sites (N-methyl/N-ethyl adjacent to an activating group) is 1. The van der Waals surface area contributed by atoms with E-state index in [0.717, 1.165) is 38.6 Å². The van der Waals surface area contributed by atoms with E-state index in [0.29, 0.717) is 31.3 Å². The number of carbonyl (C=O) groups is 1. The van der Waals surface area contributed by atoms with E-state index >= 15 is 0 Å². The monoisotopic (exact) mass is 431 g/mol. The molecule has 0 heterocycles. The van der Waals surface area contributed by atoms with Crippen LogP contribution in [0.4, 0.5) is 0 Å². The van der Waals surface area contributed by atoms with E-state index in [4.69, 9.17) is 4.74 Å². The number of unbranched alkanes of at least 4 members (excludes halogenated alkanes) is 1. The minimum Gasteiger partial charge on any atom is -0.464 e. The Morgan fingerprint density at radius 2 is 2.13 bits per heavy atom. The van der Waals surface area contributed by atoms with Crippen LogP contribution in [0, 0.1) is 35.5 Å². The van der Waals surface area contributed by atoms with Crippen LogP contribution in [0.5, 0.6) is 0 Å². The molecule has 2 saturated carbocycles. The molecule has 0 radical (unpaired) electrons. The Hall–Kier alpha value is -1.61. The minimum absolute atomic E-state index is 0.0895. The van der Waals surface area contributed by atoms with Crippen LogP contribution >= 0.6 is 0 Å². The molecule has 0 saturated heterocycles. The number of hydrogen-bond acceptors (Lipinski definition) is 5. The molecule has 0 aromatic carbocycles. The Labute approximate surface area is 188 Å². The lowest BCUT2D eigenvalue weighted by Gasteiger charge is -2.19. The van der Waals surface area contributed by atoms with Gasteiger partial charge in [-0.3, -0.25) is 4.79 Å². The number of aliphatic hydroxyl groups excluding tert-OH is 2. The lowest BCUT2D eigenvalue weighted by molar-refractivity contribution is -0.144. The third-order valence-electron chi connectivity index (χ3n) is 6.64. The van der Waals surface area contributed by atoms with Gasteiger partial charge in [-0.15, -0.1) is 11.8 Å². The minimum atomic E-state index is -0.527. The molecule has 2 N–H and O–H groups in total. The molecular weight excluding hydrogens is 390 g/mol. The fraction of sp³-hybridized carbons (Fsp3) is 0.731. The first kappa shape index (κ1) is 25.6. The molecule has 2 aliphatic rings. The van der Waals surface area contributed by atoms with Crippen LogP contribution in [0.2, 0.25) is 0 Å². The van der Waals surface area contributed by atoms with Gasteiger partial charge in [0.1, 0.15) is 6.61 Å². The Morgan fingerprint density at radius 3 is 2.84 bits per heavy atom. The lowest BCUT2D eigenvalue weighted by Crippen LogP contribution is -2.20. The van der Waals surface area contributed by atoms with E-state index in [1.165, 1.54) is 5.57 Å². The standard InChI is InChI=1S/C26H41NO4/c1-5-6-9-19(2)24(28)13-12-22-23-17-20(16-21(23)18-25(22)29)10-7-8-11-26(30)31-15-14-27(3)4/h10,12-13,19,21-25,28-29H,7-9,11,14-18H2,1-4H3/b13-12+,20-10+/t19?,21-,22+,23-,24+,25+/m0/s1. The second-order valence-corrected chi connectivity index (χ2v) is 9.47. The molecule has 0 amide bonds. The van der Waals surface area contributed by atoms with Gasteiger partial charge in [0.25, 0.3) is 0 Å². The van der Waals surface area contributed by atoms with Gasteiger partial charge in [0.15, 0.2) is 0 Å². The summed E-state index contributed by atoms with van der Waals surface area (Å²) >= 11 is 0. The zero-order valence-electron chi connectivity index (χ0n) is 19.7. The van der Waals surface area contributed by atoms with Gasteiger partial charge in [-0.2, -0.15) is 0 Å². The van der Waals surface area contributed by atoms with Gasteiger partial charge in [0, 0.05) is 25.3 Å². The Morgan fingerprint density at radius 1 is 1.35 bits per heavy atom. The van der Waals surface area contributed by atoms with Crippen molar-refractivity contribution in [2.24, 2.45) is 23.7 Å². The molecule has 174 valence electrons. The predicted molar refractivity (Wildman–Crippen MR) is 124 cm³/mol. The first-order valence-corrected chi connectivity index (χ1v) is 11.7. The number of esters is 1. The molecule has 0 aromatic rings. The van der Waals surface area contributed by atoms with Crippen LogP contribution in [0.1, 0.15) is 58.8 Å². The molecule has 0 aromatic heterocycles. The molecule has 2 fully saturated rings. The number of nitrogens with zero attached hydrogens (tertiary/aromatic N) is 1. The molecule has 0 spiro atoms.